The Morgan fingerprint density at radius 2 is 1.67 bits per heavy atom. The van der Waals surface area contributed by atoms with E-state index in [-0.39, 0.29) is 18.2 Å². The van der Waals surface area contributed by atoms with Gasteiger partial charge in [0, 0.05) is 10.6 Å². The number of nitrogen functional groups attached to an aromatic ring is 1. The van der Waals surface area contributed by atoms with E-state index >= 15 is 0 Å². The Labute approximate surface area is 136 Å². The summed E-state index contributed by atoms with van der Waals surface area (Å²) >= 11 is 6.13. The molecule has 21 heavy (non-hydrogen) atoms. The maximum absolute atomic E-state index is 7.34. The molecule has 0 saturated carbocycles. The van der Waals surface area contributed by atoms with Crippen molar-refractivity contribution in [3.63, 3.8) is 0 Å². The molecule has 2 aromatic carbocycles. The maximum atomic E-state index is 7.34. The number of aryl methyl sites for hydroxylation is 2. The van der Waals surface area contributed by atoms with Gasteiger partial charge in [-0.15, -0.1) is 12.4 Å². The highest BCUT2D eigenvalue weighted by Crippen LogP contribution is 2.26. The Kier molecular flexibility index (Phi) is 6.06. The van der Waals surface area contributed by atoms with Crippen molar-refractivity contribution >= 4 is 29.8 Å². The molecule has 3 nitrogen and oxygen atoms in total. The van der Waals surface area contributed by atoms with Crippen molar-refractivity contribution in [1.82, 2.24) is 0 Å². The molecule has 0 aliphatic carbocycles. The standard InChI is InChI=1S/C16H17ClN2O.ClH/c1-10-7-14(8-11(2)15(10)17)20-9-12-3-5-13(6-4-12)16(18)19;/h3-8H,9H2,1-2H3,(H3,18,19);1H. The van der Waals surface area contributed by atoms with Crippen molar-refractivity contribution < 1.29 is 4.74 Å². The molecule has 0 unspecified atom stereocenters. The molecular weight excluding hydrogens is 307 g/mol. The Morgan fingerprint density at radius 1 is 1.14 bits per heavy atom. The first-order valence-electron chi connectivity index (χ1n) is 6.30. The highest BCUT2D eigenvalue weighted by Gasteiger charge is 2.04. The summed E-state index contributed by atoms with van der Waals surface area (Å²) < 4.78 is 5.77. The van der Waals surface area contributed by atoms with E-state index in [1.165, 1.54) is 0 Å². The van der Waals surface area contributed by atoms with Gasteiger partial charge in [-0.1, -0.05) is 35.9 Å². The number of hydrogen-bond donors (Lipinski definition) is 2. The molecule has 2 rings (SSSR count). The van der Waals surface area contributed by atoms with Crippen molar-refractivity contribution in [3.05, 3.63) is 63.7 Å². The number of rotatable bonds is 4. The van der Waals surface area contributed by atoms with Crippen LogP contribution in [0, 0.1) is 19.3 Å². The highest BCUT2D eigenvalue weighted by atomic mass is 35.5. The number of benzene rings is 2. The molecule has 0 aliphatic rings. The first-order valence-corrected chi connectivity index (χ1v) is 6.68. The molecule has 0 spiro atoms. The molecule has 5 heteroatoms. The number of amidine groups is 1. The van der Waals surface area contributed by atoms with Gasteiger partial charge in [-0.25, -0.2) is 0 Å². The second-order valence-corrected chi connectivity index (χ2v) is 5.15. The van der Waals surface area contributed by atoms with Gasteiger partial charge in [-0.3, -0.25) is 5.41 Å². The molecule has 0 aliphatic heterocycles. The van der Waals surface area contributed by atoms with Gasteiger partial charge in [0.25, 0.3) is 0 Å². The van der Waals surface area contributed by atoms with E-state index in [2.05, 4.69) is 0 Å². The fourth-order valence-electron chi connectivity index (χ4n) is 1.94. The predicted octanol–water partition coefficient (Wildman–Crippen LogP) is 4.24. The molecule has 3 N–H and O–H groups in total. The van der Waals surface area contributed by atoms with Crippen LogP contribution in [0.25, 0.3) is 0 Å². The summed E-state index contributed by atoms with van der Waals surface area (Å²) in [5, 5.41) is 8.12. The van der Waals surface area contributed by atoms with Crippen molar-refractivity contribution in [2.45, 2.75) is 20.5 Å². The second kappa shape index (κ2) is 7.34. The Bertz CT molecular complexity index is 616. The van der Waals surface area contributed by atoms with E-state index in [4.69, 9.17) is 27.5 Å². The van der Waals surface area contributed by atoms with E-state index in [1.807, 2.05) is 50.2 Å². The molecule has 0 heterocycles. The normalized spacial score (nSPS) is 9.86. The molecule has 2 aromatic rings. The molecule has 0 atom stereocenters. The fraction of sp³-hybridized carbons (Fsp3) is 0.188. The van der Waals surface area contributed by atoms with E-state index in [0.717, 1.165) is 27.5 Å². The quantitative estimate of drug-likeness (QED) is 0.652. The lowest BCUT2D eigenvalue weighted by Gasteiger charge is -2.10. The third-order valence-electron chi connectivity index (χ3n) is 3.08. The minimum atomic E-state index is 0. The van der Waals surface area contributed by atoms with Crippen molar-refractivity contribution in [1.29, 1.82) is 5.41 Å². The van der Waals surface area contributed by atoms with E-state index in [1.54, 1.807) is 0 Å². The number of halogens is 2. The van der Waals surface area contributed by atoms with Crippen LogP contribution in [-0.4, -0.2) is 5.84 Å². The summed E-state index contributed by atoms with van der Waals surface area (Å²) in [7, 11) is 0. The molecule has 112 valence electrons. The molecule has 0 saturated heterocycles. The first kappa shape index (κ1) is 17.3. The van der Waals surface area contributed by atoms with E-state index < -0.39 is 0 Å². The van der Waals surface area contributed by atoms with Crippen LogP contribution in [-0.2, 0) is 6.61 Å². The van der Waals surface area contributed by atoms with Gasteiger partial charge in [0.15, 0.2) is 0 Å². The summed E-state index contributed by atoms with van der Waals surface area (Å²) in [5.74, 6) is 0.876. The lowest BCUT2D eigenvalue weighted by molar-refractivity contribution is 0.306. The molecule has 0 fully saturated rings. The third-order valence-corrected chi connectivity index (χ3v) is 3.68. The second-order valence-electron chi connectivity index (χ2n) is 4.77. The van der Waals surface area contributed by atoms with Crippen molar-refractivity contribution in [2.75, 3.05) is 0 Å². The molecule has 0 amide bonds. The van der Waals surface area contributed by atoms with Gasteiger partial charge in [0.1, 0.15) is 18.2 Å². The zero-order valence-corrected chi connectivity index (χ0v) is 13.5. The molecule has 0 aromatic heterocycles. The summed E-state index contributed by atoms with van der Waals surface area (Å²) in [4.78, 5) is 0. The average Bonchev–Trinajstić information content (AvgIpc) is 2.42. The van der Waals surface area contributed by atoms with Crippen LogP contribution in [0.1, 0.15) is 22.3 Å². The zero-order valence-electron chi connectivity index (χ0n) is 11.9. The average molecular weight is 325 g/mol. The predicted molar refractivity (Wildman–Crippen MR) is 90.0 cm³/mol. The SMILES string of the molecule is Cc1cc(OCc2ccc(C(=N)N)cc2)cc(C)c1Cl.Cl. The van der Waals surface area contributed by atoms with Gasteiger partial charge in [-0.05, 0) is 42.7 Å². The van der Waals surface area contributed by atoms with Gasteiger partial charge in [0.05, 0.1) is 0 Å². The summed E-state index contributed by atoms with van der Waals surface area (Å²) in [6.07, 6.45) is 0. The number of ether oxygens (including phenoxy) is 1. The number of nitrogens with two attached hydrogens (primary N) is 1. The van der Waals surface area contributed by atoms with Crippen LogP contribution in [0.2, 0.25) is 5.02 Å². The highest BCUT2D eigenvalue weighted by molar-refractivity contribution is 6.32. The largest absolute Gasteiger partial charge is 0.489 e. The fourth-order valence-corrected chi connectivity index (χ4v) is 2.05. The third kappa shape index (κ3) is 4.38. The van der Waals surface area contributed by atoms with E-state index in [0.29, 0.717) is 12.2 Å². The summed E-state index contributed by atoms with van der Waals surface area (Å²) in [5.41, 5.74) is 9.17. The smallest absolute Gasteiger partial charge is 0.122 e. The summed E-state index contributed by atoms with van der Waals surface area (Å²) in [6.45, 7) is 4.40. The Hall–Kier alpha value is -1.71. The van der Waals surface area contributed by atoms with Crippen molar-refractivity contribution in [2.24, 2.45) is 5.73 Å². The van der Waals surface area contributed by atoms with Crippen LogP contribution in [0.4, 0.5) is 0 Å². The number of nitrogens with one attached hydrogen (secondary N) is 1. The van der Waals surface area contributed by atoms with Crippen LogP contribution in [0.15, 0.2) is 36.4 Å². The summed E-state index contributed by atoms with van der Waals surface area (Å²) in [6, 6.07) is 11.3. The lowest BCUT2D eigenvalue weighted by atomic mass is 10.1. The number of hydrogen-bond acceptors (Lipinski definition) is 2. The molecule has 0 radical (unpaired) electrons. The zero-order chi connectivity index (χ0) is 14.7. The Balaban J connectivity index is 0.00000220. The van der Waals surface area contributed by atoms with Crippen LogP contribution >= 0.6 is 24.0 Å². The van der Waals surface area contributed by atoms with Gasteiger partial charge >= 0.3 is 0 Å². The van der Waals surface area contributed by atoms with Gasteiger partial charge < -0.3 is 10.5 Å². The lowest BCUT2D eigenvalue weighted by Crippen LogP contribution is -2.10. The van der Waals surface area contributed by atoms with Crippen LogP contribution in [0.3, 0.4) is 0 Å². The first-order chi connectivity index (χ1) is 9.47. The van der Waals surface area contributed by atoms with Gasteiger partial charge in [0.2, 0.25) is 0 Å². The van der Waals surface area contributed by atoms with Crippen molar-refractivity contribution in [3.8, 4) is 5.75 Å². The van der Waals surface area contributed by atoms with Crippen LogP contribution in [0.5, 0.6) is 5.75 Å². The maximum Gasteiger partial charge on any atom is 0.122 e. The minimum Gasteiger partial charge on any atom is -0.489 e. The Morgan fingerprint density at radius 3 is 2.14 bits per heavy atom. The minimum absolute atomic E-state index is 0. The van der Waals surface area contributed by atoms with E-state index in [9.17, 15) is 0 Å². The van der Waals surface area contributed by atoms with Gasteiger partial charge in [-0.2, -0.15) is 0 Å². The molecule has 0 bridgehead atoms. The van der Waals surface area contributed by atoms with Crippen LogP contribution < -0.4 is 10.5 Å². The monoisotopic (exact) mass is 324 g/mol. The topological polar surface area (TPSA) is 59.1 Å². The molecular formula is C16H18Cl2N2O.